The van der Waals surface area contributed by atoms with E-state index in [2.05, 4.69) is 19.9 Å². The van der Waals surface area contributed by atoms with Crippen molar-refractivity contribution in [1.29, 1.82) is 0 Å². The molecule has 0 radical (unpaired) electrons. The van der Waals surface area contributed by atoms with Gasteiger partial charge in [0.05, 0.1) is 21.9 Å². The van der Waals surface area contributed by atoms with Crippen molar-refractivity contribution in [2.24, 2.45) is 4.99 Å². The zero-order valence-corrected chi connectivity index (χ0v) is 15.0. The summed E-state index contributed by atoms with van der Waals surface area (Å²) >= 11 is 1.18. The number of aromatic nitrogens is 2. The highest BCUT2D eigenvalue weighted by atomic mass is 32.1. The van der Waals surface area contributed by atoms with Crippen LogP contribution in [0, 0.1) is 10.1 Å². The summed E-state index contributed by atoms with van der Waals surface area (Å²) < 4.78 is 0. The first-order chi connectivity index (χ1) is 12.6. The van der Waals surface area contributed by atoms with Crippen LogP contribution in [0.2, 0.25) is 0 Å². The molecule has 0 spiro atoms. The number of hydrogen-bond acceptors (Lipinski definition) is 7. The number of nitro groups is 1. The zero-order chi connectivity index (χ0) is 18.1. The van der Waals surface area contributed by atoms with Gasteiger partial charge in [-0.05, 0) is 25.3 Å². The summed E-state index contributed by atoms with van der Waals surface area (Å²) in [5.41, 5.74) is 2.36. The molecule has 0 amide bonds. The van der Waals surface area contributed by atoms with Gasteiger partial charge in [0.25, 0.3) is 5.56 Å². The summed E-state index contributed by atoms with van der Waals surface area (Å²) in [4.78, 5) is 38.1. The second-order valence-corrected chi connectivity index (χ2v) is 7.73. The van der Waals surface area contributed by atoms with Gasteiger partial charge in [-0.15, -0.1) is 0 Å². The number of aliphatic imine (C=N–C) groups is 1. The van der Waals surface area contributed by atoms with Gasteiger partial charge in [-0.3, -0.25) is 24.8 Å². The van der Waals surface area contributed by atoms with Crippen molar-refractivity contribution in [3.8, 4) is 0 Å². The first-order valence-corrected chi connectivity index (χ1v) is 9.53. The summed E-state index contributed by atoms with van der Waals surface area (Å²) in [5, 5.41) is 11.0. The molecule has 4 heterocycles. The molecular weight excluding hydrogens is 354 g/mol. The lowest BCUT2D eigenvalue weighted by atomic mass is 10.1. The third kappa shape index (κ3) is 3.45. The minimum atomic E-state index is -0.371. The second-order valence-electron chi connectivity index (χ2n) is 6.58. The standard InChI is InChI=1S/C17H19N5O3S/c23-17-12-10-21(9-11-4-5-15(26-11)22(24)25)8-6-13(12)19-16(20-17)14-3-1-2-7-18-14/h4-5H,1-3,6-10H2,(H,19,20,23). The molecule has 1 N–H and O–H groups in total. The fraction of sp³-hybridized carbons (Fsp3) is 0.471. The number of rotatable bonds is 4. The Bertz CT molecular complexity index is 933. The Balaban J connectivity index is 1.52. The molecule has 0 bridgehead atoms. The van der Waals surface area contributed by atoms with Gasteiger partial charge in [0.1, 0.15) is 0 Å². The van der Waals surface area contributed by atoms with E-state index in [1.54, 1.807) is 6.07 Å². The lowest BCUT2D eigenvalue weighted by Crippen LogP contribution is -2.36. The Morgan fingerprint density at radius 2 is 2.19 bits per heavy atom. The predicted octanol–water partition coefficient (Wildman–Crippen LogP) is 2.27. The van der Waals surface area contributed by atoms with Crippen LogP contribution < -0.4 is 5.56 Å². The van der Waals surface area contributed by atoms with E-state index in [1.807, 2.05) is 0 Å². The molecule has 0 saturated heterocycles. The van der Waals surface area contributed by atoms with Gasteiger partial charge in [0.2, 0.25) is 0 Å². The first kappa shape index (κ1) is 17.0. The summed E-state index contributed by atoms with van der Waals surface area (Å²) in [5.74, 6) is 0.621. The van der Waals surface area contributed by atoms with E-state index < -0.39 is 0 Å². The average Bonchev–Trinajstić information content (AvgIpc) is 3.12. The molecule has 0 atom stereocenters. The summed E-state index contributed by atoms with van der Waals surface area (Å²) in [6.45, 7) is 2.69. The molecule has 8 nitrogen and oxygen atoms in total. The van der Waals surface area contributed by atoms with E-state index in [4.69, 9.17) is 0 Å². The molecule has 136 valence electrons. The average molecular weight is 373 g/mol. The van der Waals surface area contributed by atoms with E-state index >= 15 is 0 Å². The second kappa shape index (κ2) is 7.08. The zero-order valence-electron chi connectivity index (χ0n) is 14.2. The summed E-state index contributed by atoms with van der Waals surface area (Å²) in [6.07, 6.45) is 3.74. The molecular formula is C17H19N5O3S. The maximum absolute atomic E-state index is 12.6. The largest absolute Gasteiger partial charge is 0.324 e. The van der Waals surface area contributed by atoms with Gasteiger partial charge in [0.15, 0.2) is 5.82 Å². The lowest BCUT2D eigenvalue weighted by molar-refractivity contribution is -0.380. The van der Waals surface area contributed by atoms with Crippen LogP contribution in [0.15, 0.2) is 21.9 Å². The third-order valence-electron chi connectivity index (χ3n) is 4.75. The van der Waals surface area contributed by atoms with Crippen LogP contribution in [0.1, 0.15) is 41.2 Å². The van der Waals surface area contributed by atoms with Gasteiger partial charge in [0, 0.05) is 43.5 Å². The molecule has 0 aromatic carbocycles. The highest BCUT2D eigenvalue weighted by Crippen LogP contribution is 2.26. The van der Waals surface area contributed by atoms with Crippen LogP contribution in [-0.2, 0) is 19.5 Å². The minimum absolute atomic E-state index is 0.0971. The lowest BCUT2D eigenvalue weighted by Gasteiger charge is -2.27. The van der Waals surface area contributed by atoms with Gasteiger partial charge in [-0.25, -0.2) is 4.98 Å². The number of hydrogen-bond donors (Lipinski definition) is 1. The maximum Gasteiger partial charge on any atom is 0.324 e. The first-order valence-electron chi connectivity index (χ1n) is 8.71. The Morgan fingerprint density at radius 1 is 1.31 bits per heavy atom. The molecule has 4 rings (SSSR count). The fourth-order valence-corrected chi connectivity index (χ4v) is 4.28. The van der Waals surface area contributed by atoms with Crippen molar-refractivity contribution >= 4 is 22.0 Å². The molecule has 2 aromatic rings. The number of aromatic amines is 1. The molecule has 0 saturated carbocycles. The Hall–Kier alpha value is -2.39. The summed E-state index contributed by atoms with van der Waals surface area (Å²) in [6, 6.07) is 3.31. The molecule has 0 fully saturated rings. The van der Waals surface area contributed by atoms with E-state index in [0.717, 1.165) is 48.6 Å². The predicted molar refractivity (Wildman–Crippen MR) is 98.9 cm³/mol. The van der Waals surface area contributed by atoms with Crippen LogP contribution in [-0.4, -0.2) is 38.6 Å². The van der Waals surface area contributed by atoms with Crippen LogP contribution in [0.3, 0.4) is 0 Å². The van der Waals surface area contributed by atoms with E-state index in [0.29, 0.717) is 30.9 Å². The van der Waals surface area contributed by atoms with Crippen LogP contribution in [0.5, 0.6) is 0 Å². The quantitative estimate of drug-likeness (QED) is 0.654. The molecule has 26 heavy (non-hydrogen) atoms. The van der Waals surface area contributed by atoms with Crippen LogP contribution in [0.4, 0.5) is 5.00 Å². The minimum Gasteiger partial charge on any atom is -0.305 e. The smallest absolute Gasteiger partial charge is 0.305 e. The number of fused-ring (bicyclic) bond motifs is 1. The van der Waals surface area contributed by atoms with Crippen molar-refractivity contribution in [3.63, 3.8) is 0 Å². The monoisotopic (exact) mass is 373 g/mol. The number of nitrogens with one attached hydrogen (secondary N) is 1. The Morgan fingerprint density at radius 3 is 2.92 bits per heavy atom. The maximum atomic E-state index is 12.6. The number of thiophene rings is 1. The van der Waals surface area contributed by atoms with Gasteiger partial charge in [-0.2, -0.15) is 0 Å². The highest BCUT2D eigenvalue weighted by Gasteiger charge is 2.23. The molecule has 2 aliphatic rings. The number of H-pyrrole nitrogens is 1. The van der Waals surface area contributed by atoms with Crippen molar-refractivity contribution in [2.75, 3.05) is 13.1 Å². The van der Waals surface area contributed by atoms with Crippen LogP contribution >= 0.6 is 11.3 Å². The van der Waals surface area contributed by atoms with Gasteiger partial charge >= 0.3 is 5.00 Å². The van der Waals surface area contributed by atoms with Crippen molar-refractivity contribution in [3.05, 3.63) is 54.6 Å². The normalized spacial score (nSPS) is 17.6. The highest BCUT2D eigenvalue weighted by molar-refractivity contribution is 7.15. The number of nitrogens with zero attached hydrogens (tertiary/aromatic N) is 4. The molecule has 0 unspecified atom stereocenters. The van der Waals surface area contributed by atoms with E-state index in [-0.39, 0.29) is 15.5 Å². The molecule has 9 heteroatoms. The molecule has 2 aliphatic heterocycles. The third-order valence-corrected chi connectivity index (χ3v) is 5.77. The SMILES string of the molecule is O=c1[nH]c(C2=NCCCC2)nc2c1CN(Cc1ccc([N+](=O)[O-])s1)CC2. The van der Waals surface area contributed by atoms with Crippen molar-refractivity contribution in [2.45, 2.75) is 38.8 Å². The topological polar surface area (TPSA) is 104 Å². The van der Waals surface area contributed by atoms with Crippen molar-refractivity contribution < 1.29 is 4.92 Å². The van der Waals surface area contributed by atoms with E-state index in [9.17, 15) is 14.9 Å². The molecule has 0 aliphatic carbocycles. The van der Waals surface area contributed by atoms with E-state index in [1.165, 1.54) is 17.4 Å². The van der Waals surface area contributed by atoms with Gasteiger partial charge in [-0.1, -0.05) is 11.3 Å². The molecule has 2 aromatic heterocycles. The van der Waals surface area contributed by atoms with Crippen LogP contribution in [0.25, 0.3) is 0 Å². The Labute approximate surface area is 153 Å². The van der Waals surface area contributed by atoms with Gasteiger partial charge < -0.3 is 4.98 Å². The summed E-state index contributed by atoms with van der Waals surface area (Å²) in [7, 11) is 0. The van der Waals surface area contributed by atoms with Crippen molar-refractivity contribution in [1.82, 2.24) is 14.9 Å². The fourth-order valence-electron chi connectivity index (χ4n) is 3.41. The Kier molecular flexibility index (Phi) is 4.64.